The van der Waals surface area contributed by atoms with E-state index in [0.717, 1.165) is 5.57 Å². The molecular weight excluding hydrogens is 478 g/mol. The van der Waals surface area contributed by atoms with E-state index in [4.69, 9.17) is 16.3 Å². The van der Waals surface area contributed by atoms with E-state index in [-0.39, 0.29) is 18.8 Å². The molecule has 1 unspecified atom stereocenters. The number of hydrogen-bond acceptors (Lipinski definition) is 5. The number of halogens is 1. The number of nitrogens with zero attached hydrogens (tertiary/aromatic N) is 1. The summed E-state index contributed by atoms with van der Waals surface area (Å²) in [5, 5.41) is 4.21. The van der Waals surface area contributed by atoms with Crippen LogP contribution in [0.15, 0.2) is 42.0 Å². The molecule has 0 aliphatic carbocycles. The molecule has 8 heteroatoms. The zero-order chi connectivity index (χ0) is 27.9. The van der Waals surface area contributed by atoms with Crippen LogP contribution in [-0.4, -0.2) is 54.3 Å². The molecule has 2 N–H and O–H groups in total. The monoisotopic (exact) mass is 519 g/mol. The van der Waals surface area contributed by atoms with Crippen LogP contribution in [0.2, 0.25) is 5.02 Å². The van der Waals surface area contributed by atoms with Crippen LogP contribution in [0.4, 0.5) is 0 Å². The third-order valence-corrected chi connectivity index (χ3v) is 5.30. The van der Waals surface area contributed by atoms with Gasteiger partial charge in [0.2, 0.25) is 6.41 Å². The molecule has 0 fully saturated rings. The third-order valence-electron chi connectivity index (χ3n) is 5.06. The summed E-state index contributed by atoms with van der Waals surface area (Å²) in [6.45, 7) is 16.2. The predicted octanol–water partition coefficient (Wildman–Crippen LogP) is 6.25. The smallest absolute Gasteiger partial charge is 0.355 e. The minimum absolute atomic E-state index is 0.135. The standard InChI is InChI=1S/C21H23ClN2O4.C5H13N.C2H6/c1-4-7-14(5-2)11-24(13-26)18(12-25)19-16-9-8-15(22)10-17(16)23-20(19)21(27)28-6-3;1-5(2,3)6-4;1-2/h4-5,7-10,12-13,18,23H,6,11H2,1-3H3;6H,1-4H3;1-2H3/b7-4-,14-5+;;. The molecule has 1 heterocycles. The minimum atomic E-state index is -0.966. The number of amides is 1. The van der Waals surface area contributed by atoms with Crippen molar-refractivity contribution in [2.75, 3.05) is 20.2 Å². The van der Waals surface area contributed by atoms with Gasteiger partial charge >= 0.3 is 5.97 Å². The van der Waals surface area contributed by atoms with Crippen molar-refractivity contribution in [2.24, 2.45) is 0 Å². The molecule has 0 aliphatic rings. The zero-order valence-corrected chi connectivity index (χ0v) is 23.8. The number of carbonyl (C=O) groups excluding carboxylic acids is 3. The maximum absolute atomic E-state index is 12.5. The van der Waals surface area contributed by atoms with E-state index < -0.39 is 12.0 Å². The Morgan fingerprint density at radius 3 is 2.28 bits per heavy atom. The molecule has 0 aliphatic heterocycles. The number of aromatic amines is 1. The Morgan fingerprint density at radius 1 is 1.22 bits per heavy atom. The molecule has 1 aromatic heterocycles. The van der Waals surface area contributed by atoms with Gasteiger partial charge in [0, 0.05) is 33.6 Å². The van der Waals surface area contributed by atoms with Crippen molar-refractivity contribution in [1.82, 2.24) is 15.2 Å². The number of aldehydes is 1. The van der Waals surface area contributed by atoms with Crippen molar-refractivity contribution in [3.63, 3.8) is 0 Å². The number of benzene rings is 1. The second kappa shape index (κ2) is 16.7. The SMILES string of the molecule is C/C=C\C(=C/C)CN(C=O)C(C=O)c1c(C(=O)OCC)[nH]c2cc(Cl)ccc12.CC.CNC(C)(C)C. The average Bonchev–Trinajstić information content (AvgIpc) is 3.23. The number of carbonyl (C=O) groups is 3. The third kappa shape index (κ3) is 9.99. The number of rotatable bonds is 9. The van der Waals surface area contributed by atoms with Gasteiger partial charge < -0.3 is 24.7 Å². The molecule has 7 nitrogen and oxygen atoms in total. The van der Waals surface area contributed by atoms with Crippen LogP contribution in [-0.2, 0) is 14.3 Å². The number of hydrogen-bond donors (Lipinski definition) is 2. The first-order chi connectivity index (χ1) is 17.1. The van der Waals surface area contributed by atoms with Crippen molar-refractivity contribution in [3.8, 4) is 0 Å². The fourth-order valence-corrected chi connectivity index (χ4v) is 3.21. The van der Waals surface area contributed by atoms with Gasteiger partial charge in [0.15, 0.2) is 0 Å². The van der Waals surface area contributed by atoms with E-state index in [2.05, 4.69) is 31.1 Å². The van der Waals surface area contributed by atoms with Gasteiger partial charge in [-0.2, -0.15) is 0 Å². The van der Waals surface area contributed by atoms with Gasteiger partial charge in [0.05, 0.1) is 6.61 Å². The number of ether oxygens (including phenoxy) is 1. The van der Waals surface area contributed by atoms with E-state index in [1.807, 2.05) is 53.0 Å². The summed E-state index contributed by atoms with van der Waals surface area (Å²) in [7, 11) is 1.96. The van der Waals surface area contributed by atoms with Crippen LogP contribution >= 0.6 is 11.6 Å². The van der Waals surface area contributed by atoms with E-state index in [1.165, 1.54) is 4.90 Å². The molecule has 1 aromatic carbocycles. The second-order valence-corrected chi connectivity index (χ2v) is 8.98. The van der Waals surface area contributed by atoms with E-state index in [0.29, 0.717) is 39.7 Å². The van der Waals surface area contributed by atoms with Crippen LogP contribution in [0, 0.1) is 0 Å². The quantitative estimate of drug-likeness (QED) is 0.232. The van der Waals surface area contributed by atoms with Gasteiger partial charge in [-0.15, -0.1) is 0 Å². The highest BCUT2D eigenvalue weighted by Crippen LogP contribution is 2.32. The lowest BCUT2D eigenvalue weighted by molar-refractivity contribution is -0.125. The molecule has 2 aromatic rings. The Balaban J connectivity index is 0.00000134. The molecule has 1 amide bonds. The first-order valence-corrected chi connectivity index (χ1v) is 12.6. The average molecular weight is 520 g/mol. The van der Waals surface area contributed by atoms with Crippen molar-refractivity contribution in [1.29, 1.82) is 0 Å². The van der Waals surface area contributed by atoms with Gasteiger partial charge in [-0.3, -0.25) is 4.79 Å². The number of esters is 1. The summed E-state index contributed by atoms with van der Waals surface area (Å²) in [5.41, 5.74) is 2.27. The second-order valence-electron chi connectivity index (χ2n) is 8.55. The van der Waals surface area contributed by atoms with Crippen molar-refractivity contribution < 1.29 is 19.1 Å². The van der Waals surface area contributed by atoms with E-state index in [1.54, 1.807) is 25.1 Å². The molecule has 1 atom stereocenters. The predicted molar refractivity (Wildman–Crippen MR) is 150 cm³/mol. The molecule has 36 heavy (non-hydrogen) atoms. The largest absolute Gasteiger partial charge is 0.461 e. The van der Waals surface area contributed by atoms with Gasteiger partial charge in [0.1, 0.15) is 18.0 Å². The molecule has 200 valence electrons. The first-order valence-electron chi connectivity index (χ1n) is 12.2. The van der Waals surface area contributed by atoms with Crippen molar-refractivity contribution >= 4 is 41.2 Å². The van der Waals surface area contributed by atoms with Gasteiger partial charge in [0.25, 0.3) is 0 Å². The molecule has 0 saturated carbocycles. The summed E-state index contributed by atoms with van der Waals surface area (Å²) in [6, 6.07) is 4.08. The first kappa shape index (κ1) is 33.1. The van der Waals surface area contributed by atoms with E-state index in [9.17, 15) is 14.4 Å². The zero-order valence-electron chi connectivity index (χ0n) is 23.1. The van der Waals surface area contributed by atoms with Crippen LogP contribution in [0.3, 0.4) is 0 Å². The summed E-state index contributed by atoms with van der Waals surface area (Å²) in [5.74, 6) is -0.595. The van der Waals surface area contributed by atoms with Gasteiger partial charge in [-0.25, -0.2) is 4.79 Å². The Morgan fingerprint density at radius 2 is 1.83 bits per heavy atom. The summed E-state index contributed by atoms with van der Waals surface area (Å²) < 4.78 is 5.13. The molecule has 0 saturated heterocycles. The number of H-pyrrole nitrogens is 1. The summed E-state index contributed by atoms with van der Waals surface area (Å²) in [4.78, 5) is 40.7. The van der Waals surface area contributed by atoms with E-state index >= 15 is 0 Å². The summed E-state index contributed by atoms with van der Waals surface area (Å²) >= 11 is 6.06. The Kier molecular flexibility index (Phi) is 15.4. The molecule has 0 bridgehead atoms. The van der Waals surface area contributed by atoms with Crippen molar-refractivity contribution in [3.05, 3.63) is 58.3 Å². The maximum atomic E-state index is 12.5. The topological polar surface area (TPSA) is 91.5 Å². The van der Waals surface area contributed by atoms with Crippen LogP contribution in [0.25, 0.3) is 10.9 Å². The van der Waals surface area contributed by atoms with Gasteiger partial charge in [-0.05, 0) is 66.3 Å². The highest BCUT2D eigenvalue weighted by atomic mass is 35.5. The number of fused-ring (bicyclic) bond motifs is 1. The van der Waals surface area contributed by atoms with Gasteiger partial charge in [-0.1, -0.05) is 49.7 Å². The lowest BCUT2D eigenvalue weighted by Crippen LogP contribution is -2.31. The normalized spacial score (nSPS) is 12.2. The minimum Gasteiger partial charge on any atom is -0.461 e. The highest BCUT2D eigenvalue weighted by Gasteiger charge is 2.29. The molecule has 0 radical (unpaired) electrons. The highest BCUT2D eigenvalue weighted by molar-refractivity contribution is 6.31. The van der Waals surface area contributed by atoms with Crippen LogP contribution in [0.5, 0.6) is 0 Å². The Bertz CT molecular complexity index is 1040. The lowest BCUT2D eigenvalue weighted by Gasteiger charge is -2.25. The molecular formula is C28H42ClN3O4. The van der Waals surface area contributed by atoms with Crippen LogP contribution in [0.1, 0.15) is 77.5 Å². The Hall–Kier alpha value is -2.90. The summed E-state index contributed by atoms with van der Waals surface area (Å²) in [6.07, 6.45) is 6.83. The Labute approximate surface area is 220 Å². The molecule has 2 rings (SSSR count). The number of aromatic nitrogens is 1. The fraction of sp³-hybridized carbons (Fsp3) is 0.464. The number of nitrogens with one attached hydrogen (secondary N) is 2. The van der Waals surface area contributed by atoms with Crippen molar-refractivity contribution in [2.45, 2.75) is 67.0 Å². The maximum Gasteiger partial charge on any atom is 0.355 e. The lowest BCUT2D eigenvalue weighted by atomic mass is 10.0. The fourth-order valence-electron chi connectivity index (χ4n) is 3.04. The number of allylic oxidation sites excluding steroid dienone is 2. The van der Waals surface area contributed by atoms with Crippen LogP contribution < -0.4 is 5.32 Å². The molecule has 0 spiro atoms.